The fourth-order valence-corrected chi connectivity index (χ4v) is 8.87. The smallest absolute Gasteiger partial charge is 0.141 e. The van der Waals surface area contributed by atoms with Crippen LogP contribution in [0.2, 0.25) is 18.1 Å². The molecule has 25 heavy (non-hydrogen) atoms. The van der Waals surface area contributed by atoms with E-state index in [4.69, 9.17) is 11.6 Å². The summed E-state index contributed by atoms with van der Waals surface area (Å²) in [6.45, 7) is 2.35. The van der Waals surface area contributed by atoms with Crippen LogP contribution in [-0.2, 0) is 0 Å². The van der Waals surface area contributed by atoms with E-state index in [1.165, 1.54) is 50.5 Å². The van der Waals surface area contributed by atoms with Crippen LogP contribution in [0.25, 0.3) is 5.83 Å². The van der Waals surface area contributed by atoms with Crippen molar-refractivity contribution in [1.29, 1.82) is 0 Å². The van der Waals surface area contributed by atoms with Crippen molar-refractivity contribution < 1.29 is 4.39 Å². The maximum absolute atomic E-state index is 13.5. The summed E-state index contributed by atoms with van der Waals surface area (Å²) in [5.74, 6) is 2.31. The summed E-state index contributed by atoms with van der Waals surface area (Å²) in [5.41, 5.74) is 2.97. The van der Waals surface area contributed by atoms with Crippen molar-refractivity contribution in [2.75, 3.05) is 0 Å². The molecular formula is C22H32ClFSi. The van der Waals surface area contributed by atoms with Gasteiger partial charge in [-0.25, -0.2) is 4.39 Å². The van der Waals surface area contributed by atoms with Crippen molar-refractivity contribution >= 4 is 26.2 Å². The number of halogens is 2. The average Bonchev–Trinajstić information content (AvgIpc) is 2.68. The van der Waals surface area contributed by atoms with E-state index in [0.717, 1.165) is 17.4 Å². The van der Waals surface area contributed by atoms with Gasteiger partial charge < -0.3 is 0 Å². The fraction of sp³-hybridized carbons (Fsp3) is 0.636. The van der Waals surface area contributed by atoms with Crippen molar-refractivity contribution in [1.82, 2.24) is 0 Å². The van der Waals surface area contributed by atoms with Gasteiger partial charge in [-0.1, -0.05) is 80.2 Å². The van der Waals surface area contributed by atoms with Crippen LogP contribution in [0.15, 0.2) is 29.8 Å². The van der Waals surface area contributed by atoms with Crippen molar-refractivity contribution in [3.05, 3.63) is 40.9 Å². The quantitative estimate of drug-likeness (QED) is 0.465. The summed E-state index contributed by atoms with van der Waals surface area (Å²) >= 11 is 5.46. The molecule has 1 heterocycles. The molecule has 1 saturated heterocycles. The zero-order valence-corrected chi connectivity index (χ0v) is 17.4. The van der Waals surface area contributed by atoms with E-state index in [-0.39, 0.29) is 14.6 Å². The topological polar surface area (TPSA) is 0 Å². The lowest BCUT2D eigenvalue weighted by Gasteiger charge is -2.37. The van der Waals surface area contributed by atoms with Gasteiger partial charge in [0.2, 0.25) is 0 Å². The fourth-order valence-electron chi connectivity index (χ4n) is 5.26. The third kappa shape index (κ3) is 4.98. The monoisotopic (exact) mass is 378 g/mol. The van der Waals surface area contributed by atoms with E-state index in [1.807, 2.05) is 12.1 Å². The second-order valence-electron chi connectivity index (χ2n) is 8.26. The van der Waals surface area contributed by atoms with Crippen LogP contribution < -0.4 is 0 Å². The van der Waals surface area contributed by atoms with E-state index in [2.05, 4.69) is 19.1 Å². The van der Waals surface area contributed by atoms with Gasteiger partial charge in [0.1, 0.15) is 5.83 Å². The summed E-state index contributed by atoms with van der Waals surface area (Å²) in [6.07, 6.45) is 9.89. The highest BCUT2D eigenvalue weighted by molar-refractivity contribution is 6.58. The molecule has 0 aromatic heterocycles. The van der Waals surface area contributed by atoms with Crippen LogP contribution in [0.5, 0.6) is 0 Å². The molecule has 2 fully saturated rings. The Morgan fingerprint density at radius 3 is 2.20 bits per heavy atom. The predicted octanol–water partition coefficient (Wildman–Crippen LogP) is 7.51. The summed E-state index contributed by atoms with van der Waals surface area (Å²) in [7, 11) is -0.341. The van der Waals surface area contributed by atoms with Gasteiger partial charge in [0.05, 0.1) is 0 Å². The number of hydrogen-bond donors (Lipinski definition) is 0. The van der Waals surface area contributed by atoms with E-state index in [0.29, 0.717) is 11.5 Å². The standard InChI is InChI=1S/C22H32ClFSi/c1-2-13-25-14-11-20(12-15-25)19-5-3-17(4-6-19)18-7-9-21(10-8-18)22(24)16-23/h7-10,16-17,19-20,25H,2-6,11-15H2,1H3. The first-order valence-electron chi connectivity index (χ1n) is 10.3. The highest BCUT2D eigenvalue weighted by atomic mass is 35.5. The summed E-state index contributed by atoms with van der Waals surface area (Å²) in [6, 6.07) is 12.7. The minimum absolute atomic E-state index is 0.341. The lowest BCUT2D eigenvalue weighted by atomic mass is 9.72. The van der Waals surface area contributed by atoms with Crippen molar-refractivity contribution in [3.63, 3.8) is 0 Å². The first-order chi connectivity index (χ1) is 12.2. The third-order valence-corrected chi connectivity index (χ3v) is 10.7. The lowest BCUT2D eigenvalue weighted by molar-refractivity contribution is 0.216. The average molecular weight is 379 g/mol. The van der Waals surface area contributed by atoms with Crippen LogP contribution in [0.1, 0.15) is 68.9 Å². The Hall–Kier alpha value is -0.603. The predicted molar refractivity (Wildman–Crippen MR) is 111 cm³/mol. The van der Waals surface area contributed by atoms with Gasteiger partial charge in [-0.15, -0.1) is 0 Å². The Bertz CT molecular complexity index is 552. The molecule has 0 atom stereocenters. The Kier molecular flexibility index (Phi) is 7.18. The molecule has 1 saturated carbocycles. The first-order valence-corrected chi connectivity index (χ1v) is 13.2. The van der Waals surface area contributed by atoms with Gasteiger partial charge in [-0.3, -0.25) is 0 Å². The normalized spacial score (nSPS) is 31.1. The molecule has 1 aromatic carbocycles. The van der Waals surface area contributed by atoms with Gasteiger partial charge in [0.15, 0.2) is 0 Å². The maximum Gasteiger partial charge on any atom is 0.141 e. The number of rotatable bonds is 5. The molecule has 0 bridgehead atoms. The molecule has 0 amide bonds. The minimum Gasteiger partial charge on any atom is -0.205 e. The summed E-state index contributed by atoms with van der Waals surface area (Å²) < 4.78 is 13.5. The van der Waals surface area contributed by atoms with Crippen LogP contribution in [-0.4, -0.2) is 8.80 Å². The van der Waals surface area contributed by atoms with E-state index < -0.39 is 0 Å². The molecule has 3 heteroatoms. The van der Waals surface area contributed by atoms with E-state index >= 15 is 0 Å². The molecule has 1 aliphatic heterocycles. The highest BCUT2D eigenvalue weighted by Gasteiger charge is 2.31. The second kappa shape index (κ2) is 9.37. The third-order valence-electron chi connectivity index (χ3n) is 6.78. The molecule has 3 rings (SSSR count). The highest BCUT2D eigenvalue weighted by Crippen LogP contribution is 2.43. The molecular weight excluding hydrogens is 347 g/mol. The van der Waals surface area contributed by atoms with Gasteiger partial charge in [-0.05, 0) is 49.0 Å². The zero-order valence-electron chi connectivity index (χ0n) is 15.5. The second-order valence-corrected chi connectivity index (χ2v) is 11.9. The Balaban J connectivity index is 1.49. The van der Waals surface area contributed by atoms with Gasteiger partial charge in [0.25, 0.3) is 0 Å². The number of benzene rings is 1. The molecule has 0 nitrogen and oxygen atoms in total. The van der Waals surface area contributed by atoms with Crippen molar-refractivity contribution in [3.8, 4) is 0 Å². The largest absolute Gasteiger partial charge is 0.205 e. The maximum atomic E-state index is 13.5. The Morgan fingerprint density at radius 2 is 1.64 bits per heavy atom. The number of hydrogen-bond acceptors (Lipinski definition) is 0. The van der Waals surface area contributed by atoms with E-state index in [1.54, 1.807) is 18.1 Å². The summed E-state index contributed by atoms with van der Waals surface area (Å²) in [4.78, 5) is 0. The van der Waals surface area contributed by atoms with Crippen LogP contribution in [0.3, 0.4) is 0 Å². The van der Waals surface area contributed by atoms with E-state index in [9.17, 15) is 4.39 Å². The minimum atomic E-state index is -0.348. The van der Waals surface area contributed by atoms with Gasteiger partial charge in [-0.2, -0.15) is 0 Å². The van der Waals surface area contributed by atoms with Crippen molar-refractivity contribution in [2.45, 2.75) is 75.9 Å². The molecule has 0 radical (unpaired) electrons. The molecule has 1 aliphatic carbocycles. The lowest BCUT2D eigenvalue weighted by Crippen LogP contribution is -2.28. The van der Waals surface area contributed by atoms with Crippen LogP contribution >= 0.6 is 11.6 Å². The zero-order chi connectivity index (χ0) is 17.6. The SMILES string of the molecule is CCC[SiH]1CCC(C2CCC(c3ccc(C(F)=CCl)cc3)CC2)CC1. The van der Waals surface area contributed by atoms with Gasteiger partial charge >= 0.3 is 0 Å². The Morgan fingerprint density at radius 1 is 1.04 bits per heavy atom. The van der Waals surface area contributed by atoms with Crippen LogP contribution in [0, 0.1) is 11.8 Å². The molecule has 2 aliphatic rings. The van der Waals surface area contributed by atoms with Crippen LogP contribution in [0.4, 0.5) is 4.39 Å². The molecule has 1 aromatic rings. The molecule has 138 valence electrons. The molecule has 0 unspecified atom stereocenters. The molecule has 0 spiro atoms. The Labute approximate surface area is 159 Å². The van der Waals surface area contributed by atoms with Crippen molar-refractivity contribution in [2.24, 2.45) is 11.8 Å². The molecule has 0 N–H and O–H groups in total. The summed E-state index contributed by atoms with van der Waals surface area (Å²) in [5, 5.41) is 0. The van der Waals surface area contributed by atoms with Gasteiger partial charge in [0, 0.05) is 19.9 Å². The first kappa shape index (κ1) is 19.2.